The molecule has 13 heteroatoms. The van der Waals surface area contributed by atoms with Crippen molar-refractivity contribution in [1.82, 2.24) is 4.98 Å². The summed E-state index contributed by atoms with van der Waals surface area (Å²) in [5.74, 6) is -2.48. The number of para-hydroxylation sites is 2. The second kappa shape index (κ2) is 14.5. The van der Waals surface area contributed by atoms with Crippen LogP contribution in [0.1, 0.15) is 41.5 Å². The van der Waals surface area contributed by atoms with Crippen LogP contribution in [0.5, 0.6) is 5.75 Å². The summed E-state index contributed by atoms with van der Waals surface area (Å²) in [7, 11) is 0. The first-order chi connectivity index (χ1) is 26.2. The van der Waals surface area contributed by atoms with E-state index >= 15 is 0 Å². The van der Waals surface area contributed by atoms with Gasteiger partial charge in [-0.25, -0.2) is 18.2 Å². The molecule has 2 aliphatic rings. The Morgan fingerprint density at radius 3 is 2.39 bits per heavy atom. The standard InChI is InChI=1S/C41H30F3N5O4S/c42-27-12-15-29-33(22-27)49(18-16-25-21-35(54-37(25)29)40(51)47-36-31(43)7-3-8-32(36)44)41(52)24-10-13-28(14-11-24)46-39(50)30-6-4-17-45-38(30)48-19-20-53-34-9-2-1-5-26(34)23-48/h1-15,17,21-22H,16,18-20,23H2,(H,46,50)(H,47,51). The summed E-state index contributed by atoms with van der Waals surface area (Å²) in [6.45, 7) is 1.65. The highest BCUT2D eigenvalue weighted by Crippen LogP contribution is 2.42. The van der Waals surface area contributed by atoms with Gasteiger partial charge in [0, 0.05) is 46.5 Å². The van der Waals surface area contributed by atoms with Crippen molar-refractivity contribution in [2.24, 2.45) is 0 Å². The fraction of sp³-hybridized carbons (Fsp3) is 0.122. The molecule has 4 heterocycles. The number of carbonyl (C=O) groups excluding carboxylic acids is 3. The fourth-order valence-corrected chi connectivity index (χ4v) is 7.75. The summed E-state index contributed by atoms with van der Waals surface area (Å²) in [6.07, 6.45) is 1.97. The molecule has 0 bridgehead atoms. The van der Waals surface area contributed by atoms with Crippen LogP contribution in [0.3, 0.4) is 0 Å². The van der Waals surface area contributed by atoms with Crippen LogP contribution < -0.4 is 25.2 Å². The zero-order chi connectivity index (χ0) is 37.3. The maximum absolute atomic E-state index is 14.7. The first kappa shape index (κ1) is 34.6. The van der Waals surface area contributed by atoms with E-state index in [4.69, 9.17) is 4.74 Å². The van der Waals surface area contributed by atoms with E-state index in [2.05, 4.69) is 15.6 Å². The molecule has 0 radical (unpaired) electrons. The smallest absolute Gasteiger partial charge is 0.265 e. The third-order valence-electron chi connectivity index (χ3n) is 9.25. The molecule has 0 fully saturated rings. The Labute approximate surface area is 311 Å². The number of nitrogens with zero attached hydrogens (tertiary/aromatic N) is 3. The molecule has 4 aromatic carbocycles. The summed E-state index contributed by atoms with van der Waals surface area (Å²) >= 11 is 1.09. The molecule has 0 saturated carbocycles. The lowest BCUT2D eigenvalue weighted by molar-refractivity contribution is 0.0985. The number of pyridine rings is 1. The molecular weight excluding hydrogens is 716 g/mol. The quantitative estimate of drug-likeness (QED) is 0.178. The Bertz CT molecular complexity index is 2420. The minimum atomic E-state index is -0.902. The summed E-state index contributed by atoms with van der Waals surface area (Å²) in [5.41, 5.74) is 3.17. The molecule has 0 saturated heterocycles. The van der Waals surface area contributed by atoms with Crippen molar-refractivity contribution in [3.05, 3.63) is 154 Å². The van der Waals surface area contributed by atoms with Crippen LogP contribution in [0.4, 0.5) is 36.1 Å². The van der Waals surface area contributed by atoms with E-state index in [1.54, 1.807) is 54.7 Å². The maximum Gasteiger partial charge on any atom is 0.265 e. The number of ether oxygens (including phenoxy) is 1. The average molecular weight is 746 g/mol. The number of anilines is 4. The van der Waals surface area contributed by atoms with Gasteiger partial charge >= 0.3 is 0 Å². The predicted octanol–water partition coefficient (Wildman–Crippen LogP) is 8.33. The molecule has 8 rings (SSSR count). The first-order valence-corrected chi connectivity index (χ1v) is 17.9. The Morgan fingerprint density at radius 2 is 1.57 bits per heavy atom. The van der Waals surface area contributed by atoms with E-state index in [-0.39, 0.29) is 23.2 Å². The number of halogens is 3. The molecular formula is C41H30F3N5O4S. The van der Waals surface area contributed by atoms with Gasteiger partial charge in [-0.3, -0.25) is 14.4 Å². The Kier molecular flexibility index (Phi) is 9.30. The van der Waals surface area contributed by atoms with Gasteiger partial charge in [0.15, 0.2) is 0 Å². The van der Waals surface area contributed by atoms with Crippen molar-refractivity contribution in [3.63, 3.8) is 0 Å². The molecule has 0 unspecified atom stereocenters. The van der Waals surface area contributed by atoms with Gasteiger partial charge in [-0.2, -0.15) is 0 Å². The monoisotopic (exact) mass is 745 g/mol. The van der Waals surface area contributed by atoms with Gasteiger partial charge in [0.05, 0.1) is 22.7 Å². The molecule has 0 aliphatic carbocycles. The SMILES string of the molecule is O=C(Nc1c(F)cccc1F)c1cc2c(s1)-c1ccc(F)cc1N(C(=O)c1ccc(NC(=O)c3cccnc3N3CCOc4ccccc4C3)cc1)CC2. The lowest BCUT2D eigenvalue weighted by Crippen LogP contribution is -2.32. The molecule has 0 atom stereocenters. The topological polar surface area (TPSA) is 104 Å². The van der Waals surface area contributed by atoms with Crippen LogP contribution >= 0.6 is 11.3 Å². The van der Waals surface area contributed by atoms with Gasteiger partial charge < -0.3 is 25.2 Å². The van der Waals surface area contributed by atoms with Crippen molar-refractivity contribution < 1.29 is 32.3 Å². The zero-order valence-corrected chi connectivity index (χ0v) is 29.3. The van der Waals surface area contributed by atoms with E-state index in [9.17, 15) is 27.6 Å². The number of fused-ring (bicyclic) bond motifs is 4. The van der Waals surface area contributed by atoms with Crippen LogP contribution in [0, 0.1) is 17.5 Å². The number of nitrogens with one attached hydrogen (secondary N) is 2. The second-order valence-electron chi connectivity index (χ2n) is 12.7. The van der Waals surface area contributed by atoms with E-state index < -0.39 is 29.0 Å². The van der Waals surface area contributed by atoms with Gasteiger partial charge in [0.1, 0.15) is 41.3 Å². The van der Waals surface area contributed by atoms with Crippen LogP contribution in [-0.2, 0) is 13.0 Å². The molecule has 270 valence electrons. The molecule has 6 aromatic rings. The second-order valence-corrected chi connectivity index (χ2v) is 13.7. The highest BCUT2D eigenvalue weighted by atomic mass is 32.1. The van der Waals surface area contributed by atoms with Crippen molar-refractivity contribution in [2.75, 3.05) is 40.1 Å². The van der Waals surface area contributed by atoms with Crippen molar-refractivity contribution in [1.29, 1.82) is 0 Å². The zero-order valence-electron chi connectivity index (χ0n) is 28.4. The highest BCUT2D eigenvalue weighted by Gasteiger charge is 2.29. The number of aromatic nitrogens is 1. The number of hydrogen-bond donors (Lipinski definition) is 2. The summed E-state index contributed by atoms with van der Waals surface area (Å²) < 4.78 is 49.1. The molecule has 2 aliphatic heterocycles. The predicted molar refractivity (Wildman–Crippen MR) is 201 cm³/mol. The maximum atomic E-state index is 14.7. The third-order valence-corrected chi connectivity index (χ3v) is 10.5. The van der Waals surface area contributed by atoms with Gasteiger partial charge in [-0.15, -0.1) is 11.3 Å². The minimum absolute atomic E-state index is 0.163. The molecule has 54 heavy (non-hydrogen) atoms. The van der Waals surface area contributed by atoms with E-state index in [0.29, 0.717) is 64.9 Å². The van der Waals surface area contributed by atoms with Crippen LogP contribution in [0.15, 0.2) is 109 Å². The normalized spacial score (nSPS) is 13.4. The first-order valence-electron chi connectivity index (χ1n) is 17.1. The van der Waals surface area contributed by atoms with Crippen LogP contribution in [0.25, 0.3) is 10.4 Å². The lowest BCUT2D eigenvalue weighted by Gasteiger charge is -2.24. The summed E-state index contributed by atoms with van der Waals surface area (Å²) in [5, 5.41) is 5.22. The largest absolute Gasteiger partial charge is 0.491 e. The van der Waals surface area contributed by atoms with Gasteiger partial charge in [0.2, 0.25) is 0 Å². The van der Waals surface area contributed by atoms with Crippen LogP contribution in [-0.4, -0.2) is 42.4 Å². The number of rotatable bonds is 6. The van der Waals surface area contributed by atoms with Crippen molar-refractivity contribution in [2.45, 2.75) is 13.0 Å². The minimum Gasteiger partial charge on any atom is -0.491 e. The summed E-state index contributed by atoms with van der Waals surface area (Å²) in [4.78, 5) is 49.5. The number of benzene rings is 4. The number of thiophene rings is 1. The van der Waals surface area contributed by atoms with Gasteiger partial charge in [-0.05, 0) is 90.8 Å². The van der Waals surface area contributed by atoms with E-state index in [1.165, 1.54) is 23.1 Å². The third kappa shape index (κ3) is 6.76. The number of carbonyl (C=O) groups is 3. The highest BCUT2D eigenvalue weighted by molar-refractivity contribution is 7.17. The number of amides is 3. The molecule has 2 N–H and O–H groups in total. The molecule has 9 nitrogen and oxygen atoms in total. The number of hydrogen-bond acceptors (Lipinski definition) is 7. The average Bonchev–Trinajstić information content (AvgIpc) is 3.40. The lowest BCUT2D eigenvalue weighted by atomic mass is 10.1. The Balaban J connectivity index is 0.998. The van der Waals surface area contributed by atoms with E-state index in [0.717, 1.165) is 40.3 Å². The fourth-order valence-electron chi connectivity index (χ4n) is 6.61. The molecule has 2 aromatic heterocycles. The summed E-state index contributed by atoms with van der Waals surface area (Å²) in [6, 6.07) is 26.6. The van der Waals surface area contributed by atoms with Crippen molar-refractivity contribution in [3.8, 4) is 16.2 Å². The molecule has 0 spiro atoms. The molecule has 3 amide bonds. The Hall–Kier alpha value is -6.47. The van der Waals surface area contributed by atoms with E-state index in [1.807, 2.05) is 29.2 Å². The Morgan fingerprint density at radius 1 is 0.778 bits per heavy atom. The van der Waals surface area contributed by atoms with Gasteiger partial charge in [0.25, 0.3) is 17.7 Å². The van der Waals surface area contributed by atoms with Crippen molar-refractivity contribution >= 4 is 51.9 Å². The van der Waals surface area contributed by atoms with Gasteiger partial charge in [-0.1, -0.05) is 24.3 Å². The van der Waals surface area contributed by atoms with Crippen LogP contribution in [0.2, 0.25) is 0 Å².